The first-order valence-corrected chi connectivity index (χ1v) is 16.7. The SMILES string of the molecule is CC(C)C[C@H](NC(=O)[C@H](CCc1ccccc1)NC(C)C)C(=O)N[C@@H](Cc1ccccc1)C(=O)N[C@@H](CC(C)C)C(=O)[C@@]1(C)CO1. The monoisotopic (exact) mass is 634 g/mol. The Balaban J connectivity index is 1.79. The Morgan fingerprint density at radius 1 is 0.674 bits per heavy atom. The molecule has 5 atom stereocenters. The lowest BCUT2D eigenvalue weighted by molar-refractivity contribution is -0.134. The second kappa shape index (κ2) is 17.4. The molecule has 46 heavy (non-hydrogen) atoms. The van der Waals surface area contributed by atoms with Gasteiger partial charge in [0.25, 0.3) is 0 Å². The molecule has 3 rings (SSSR count). The molecule has 2 aromatic carbocycles. The Labute approximate surface area is 275 Å². The minimum atomic E-state index is -0.959. The summed E-state index contributed by atoms with van der Waals surface area (Å²) in [5, 5.41) is 12.2. The van der Waals surface area contributed by atoms with Gasteiger partial charge >= 0.3 is 0 Å². The van der Waals surface area contributed by atoms with Crippen LogP contribution in [0.25, 0.3) is 0 Å². The number of amides is 3. The van der Waals surface area contributed by atoms with E-state index in [-0.39, 0.29) is 36.0 Å². The first kappa shape index (κ1) is 36.9. The molecule has 3 amide bonds. The van der Waals surface area contributed by atoms with Gasteiger partial charge in [-0.05, 0) is 55.6 Å². The Morgan fingerprint density at radius 2 is 1.13 bits per heavy atom. The fourth-order valence-corrected chi connectivity index (χ4v) is 5.55. The number of rotatable bonds is 19. The van der Waals surface area contributed by atoms with Crippen molar-refractivity contribution in [2.75, 3.05) is 6.61 Å². The van der Waals surface area contributed by atoms with E-state index in [1.807, 2.05) is 102 Å². The number of hydrogen-bond acceptors (Lipinski definition) is 6. The Hall–Kier alpha value is -3.56. The van der Waals surface area contributed by atoms with E-state index < -0.39 is 41.6 Å². The van der Waals surface area contributed by atoms with Gasteiger partial charge in [-0.2, -0.15) is 0 Å². The highest BCUT2D eigenvalue weighted by atomic mass is 16.6. The average Bonchev–Trinajstić information content (AvgIpc) is 3.76. The van der Waals surface area contributed by atoms with Crippen LogP contribution in [0.1, 0.15) is 78.9 Å². The van der Waals surface area contributed by atoms with Crippen molar-refractivity contribution in [1.29, 1.82) is 0 Å². The molecule has 0 aromatic heterocycles. The number of epoxide rings is 1. The highest BCUT2D eigenvalue weighted by Gasteiger charge is 2.50. The fraction of sp³-hybridized carbons (Fsp3) is 0.568. The van der Waals surface area contributed by atoms with Crippen LogP contribution in [0.15, 0.2) is 60.7 Å². The molecule has 0 bridgehead atoms. The molecule has 252 valence electrons. The highest BCUT2D eigenvalue weighted by molar-refractivity contribution is 5.98. The van der Waals surface area contributed by atoms with Crippen molar-refractivity contribution in [2.45, 2.75) is 116 Å². The standard InChI is InChI=1S/C37H54N4O5/c1-24(2)20-30(33(42)37(7)23-46-37)39-36(45)32(22-28-16-12-9-13-17-28)41-35(44)31(21-25(3)4)40-34(43)29(38-26(5)6)19-18-27-14-10-8-11-15-27/h8-17,24-26,29-32,38H,18-23H2,1-7H3,(H,39,45)(H,40,43)(H,41,44)/t29-,30-,31-,32-,37+/m0/s1. The lowest BCUT2D eigenvalue weighted by Crippen LogP contribution is -2.59. The lowest BCUT2D eigenvalue weighted by Gasteiger charge is -2.28. The second-order valence-electron chi connectivity index (χ2n) is 13.9. The van der Waals surface area contributed by atoms with Crippen molar-refractivity contribution in [3.05, 3.63) is 71.8 Å². The van der Waals surface area contributed by atoms with Gasteiger partial charge in [-0.3, -0.25) is 19.2 Å². The summed E-state index contributed by atoms with van der Waals surface area (Å²) in [7, 11) is 0. The molecule has 1 fully saturated rings. The molecule has 0 radical (unpaired) electrons. The molecule has 9 heteroatoms. The normalized spacial score (nSPS) is 18.5. The molecule has 0 unspecified atom stereocenters. The fourth-order valence-electron chi connectivity index (χ4n) is 5.55. The van der Waals surface area contributed by atoms with Crippen LogP contribution in [-0.2, 0) is 36.8 Å². The smallest absolute Gasteiger partial charge is 0.243 e. The minimum Gasteiger partial charge on any atom is -0.361 e. The largest absolute Gasteiger partial charge is 0.361 e. The molecule has 1 aliphatic rings. The van der Waals surface area contributed by atoms with E-state index in [1.165, 1.54) is 0 Å². The van der Waals surface area contributed by atoms with Crippen molar-refractivity contribution < 1.29 is 23.9 Å². The van der Waals surface area contributed by atoms with E-state index in [9.17, 15) is 19.2 Å². The lowest BCUT2D eigenvalue weighted by atomic mass is 9.93. The first-order chi connectivity index (χ1) is 21.8. The van der Waals surface area contributed by atoms with Gasteiger partial charge in [-0.1, -0.05) is 102 Å². The molecule has 9 nitrogen and oxygen atoms in total. The van der Waals surface area contributed by atoms with Crippen LogP contribution in [0, 0.1) is 11.8 Å². The number of nitrogens with one attached hydrogen (secondary N) is 4. The molecule has 1 saturated heterocycles. The summed E-state index contributed by atoms with van der Waals surface area (Å²) in [6.45, 7) is 14.0. The van der Waals surface area contributed by atoms with E-state index in [0.29, 0.717) is 32.3 Å². The molecule has 0 spiro atoms. The summed E-state index contributed by atoms with van der Waals surface area (Å²) in [5.41, 5.74) is 1.10. The third-order valence-corrected chi connectivity index (χ3v) is 8.11. The van der Waals surface area contributed by atoms with E-state index in [4.69, 9.17) is 4.74 Å². The maximum Gasteiger partial charge on any atom is 0.243 e. The maximum atomic E-state index is 13.9. The van der Waals surface area contributed by atoms with Crippen molar-refractivity contribution in [3.8, 4) is 0 Å². The van der Waals surface area contributed by atoms with Crippen molar-refractivity contribution >= 4 is 23.5 Å². The Bertz CT molecular complexity index is 1280. The summed E-state index contributed by atoms with van der Waals surface area (Å²) in [6.07, 6.45) is 2.35. The number of hydrogen-bond donors (Lipinski definition) is 4. The molecule has 0 aliphatic carbocycles. The zero-order valence-corrected chi connectivity index (χ0v) is 28.6. The summed E-state index contributed by atoms with van der Waals surface area (Å²) in [4.78, 5) is 54.6. The number of benzene rings is 2. The molecule has 2 aromatic rings. The van der Waals surface area contributed by atoms with E-state index >= 15 is 0 Å². The number of aryl methyl sites for hydroxylation is 1. The number of Topliss-reactive ketones (excluding diaryl/α,β-unsaturated/α-hetero) is 1. The van der Waals surface area contributed by atoms with Gasteiger partial charge in [0.15, 0.2) is 5.78 Å². The van der Waals surface area contributed by atoms with Gasteiger partial charge in [0.05, 0.1) is 18.7 Å². The van der Waals surface area contributed by atoms with E-state index in [0.717, 1.165) is 11.1 Å². The Kier molecular flexibility index (Phi) is 13.9. The highest BCUT2D eigenvalue weighted by Crippen LogP contribution is 2.29. The summed E-state index contributed by atoms with van der Waals surface area (Å²) in [5.74, 6) is -1.05. The number of ketones is 1. The summed E-state index contributed by atoms with van der Waals surface area (Å²) in [6, 6.07) is 16.4. The summed E-state index contributed by atoms with van der Waals surface area (Å²) >= 11 is 0. The van der Waals surface area contributed by atoms with Crippen LogP contribution in [0.2, 0.25) is 0 Å². The van der Waals surface area contributed by atoms with E-state index in [2.05, 4.69) is 21.3 Å². The van der Waals surface area contributed by atoms with Gasteiger partial charge in [0.2, 0.25) is 17.7 Å². The second-order valence-corrected chi connectivity index (χ2v) is 13.9. The first-order valence-electron chi connectivity index (χ1n) is 16.7. The molecular weight excluding hydrogens is 580 g/mol. The predicted molar refractivity (Wildman–Crippen MR) is 181 cm³/mol. The van der Waals surface area contributed by atoms with Gasteiger partial charge in [0, 0.05) is 12.5 Å². The van der Waals surface area contributed by atoms with Crippen molar-refractivity contribution in [1.82, 2.24) is 21.3 Å². The van der Waals surface area contributed by atoms with Crippen molar-refractivity contribution in [3.63, 3.8) is 0 Å². The maximum absolute atomic E-state index is 13.9. The minimum absolute atomic E-state index is 0.0626. The van der Waals surface area contributed by atoms with Crippen LogP contribution in [0.4, 0.5) is 0 Å². The number of carbonyl (C=O) groups excluding carboxylic acids is 4. The van der Waals surface area contributed by atoms with Gasteiger partial charge in [-0.15, -0.1) is 0 Å². The zero-order valence-electron chi connectivity index (χ0n) is 28.6. The van der Waals surface area contributed by atoms with Gasteiger partial charge in [0.1, 0.15) is 17.7 Å². The zero-order chi connectivity index (χ0) is 33.9. The van der Waals surface area contributed by atoms with Gasteiger partial charge < -0.3 is 26.0 Å². The average molecular weight is 635 g/mol. The third kappa shape index (κ3) is 12.0. The van der Waals surface area contributed by atoms with Crippen LogP contribution < -0.4 is 21.3 Å². The molecule has 1 heterocycles. The third-order valence-electron chi connectivity index (χ3n) is 8.11. The Morgan fingerprint density at radius 3 is 1.65 bits per heavy atom. The van der Waals surface area contributed by atoms with Crippen LogP contribution in [-0.4, -0.2) is 65.9 Å². The molecule has 1 aliphatic heterocycles. The van der Waals surface area contributed by atoms with Crippen LogP contribution >= 0.6 is 0 Å². The molecule has 4 N–H and O–H groups in total. The number of ether oxygens (including phenoxy) is 1. The summed E-state index contributed by atoms with van der Waals surface area (Å²) < 4.78 is 5.40. The molecular formula is C37H54N4O5. The van der Waals surface area contributed by atoms with Crippen molar-refractivity contribution in [2.24, 2.45) is 11.8 Å². The number of carbonyl (C=O) groups is 4. The van der Waals surface area contributed by atoms with E-state index in [1.54, 1.807) is 6.92 Å². The molecule has 0 saturated carbocycles. The predicted octanol–water partition coefficient (Wildman–Crippen LogP) is 4.13. The van der Waals surface area contributed by atoms with Gasteiger partial charge in [-0.25, -0.2) is 0 Å². The quantitative estimate of drug-likeness (QED) is 0.172. The topological polar surface area (TPSA) is 129 Å². The van der Waals surface area contributed by atoms with Crippen LogP contribution in [0.3, 0.4) is 0 Å². The van der Waals surface area contributed by atoms with Crippen LogP contribution in [0.5, 0.6) is 0 Å².